The SMILES string of the molecule is COc1c(C)cc2c(c1O)C1CN(C)C(=O)CC2N1C. The smallest absolute Gasteiger partial charge is 0.224 e. The van der Waals surface area contributed by atoms with Crippen molar-refractivity contribution in [2.75, 3.05) is 27.7 Å². The van der Waals surface area contributed by atoms with Crippen LogP contribution in [0, 0.1) is 6.92 Å². The second-order valence-corrected chi connectivity index (χ2v) is 5.75. The van der Waals surface area contributed by atoms with E-state index in [1.165, 1.54) is 0 Å². The predicted molar refractivity (Wildman–Crippen MR) is 74.9 cm³/mol. The standard InChI is InChI=1S/C15H20N2O3/c1-8-5-9-10-6-12(18)16(2)7-11(17(10)3)13(9)14(19)15(8)20-4/h5,10-11,19H,6-7H2,1-4H3. The topological polar surface area (TPSA) is 53.0 Å². The van der Waals surface area contributed by atoms with E-state index in [-0.39, 0.29) is 23.7 Å². The molecule has 5 nitrogen and oxygen atoms in total. The molecule has 1 aromatic carbocycles. The number of ether oxygens (including phenoxy) is 1. The summed E-state index contributed by atoms with van der Waals surface area (Å²) in [7, 11) is 5.41. The van der Waals surface area contributed by atoms with Gasteiger partial charge in [-0.3, -0.25) is 9.69 Å². The van der Waals surface area contributed by atoms with Gasteiger partial charge < -0.3 is 14.7 Å². The number of hydrogen-bond acceptors (Lipinski definition) is 4. The van der Waals surface area contributed by atoms with E-state index in [2.05, 4.69) is 4.90 Å². The molecule has 2 bridgehead atoms. The van der Waals surface area contributed by atoms with Crippen molar-refractivity contribution in [2.45, 2.75) is 25.4 Å². The average Bonchev–Trinajstić information content (AvgIpc) is 2.57. The molecular formula is C15H20N2O3. The summed E-state index contributed by atoms with van der Waals surface area (Å²) in [5.41, 5.74) is 2.89. The molecule has 2 atom stereocenters. The fraction of sp³-hybridized carbons (Fsp3) is 0.533. The maximum absolute atomic E-state index is 12.1. The molecule has 2 aliphatic heterocycles. The Hall–Kier alpha value is -1.75. The third-order valence-electron chi connectivity index (χ3n) is 4.63. The highest BCUT2D eigenvalue weighted by Gasteiger charge is 2.43. The fourth-order valence-corrected chi connectivity index (χ4v) is 3.50. The third kappa shape index (κ3) is 1.62. The van der Waals surface area contributed by atoms with Crippen molar-refractivity contribution < 1.29 is 14.6 Å². The third-order valence-corrected chi connectivity index (χ3v) is 4.63. The number of hydrogen-bond donors (Lipinski definition) is 1. The van der Waals surface area contributed by atoms with Crippen LogP contribution in [0.4, 0.5) is 0 Å². The molecule has 0 saturated carbocycles. The van der Waals surface area contributed by atoms with Crippen molar-refractivity contribution in [1.82, 2.24) is 9.80 Å². The van der Waals surface area contributed by atoms with Gasteiger partial charge in [0.15, 0.2) is 11.5 Å². The number of methoxy groups -OCH3 is 1. The van der Waals surface area contributed by atoms with Crippen LogP contribution in [0.25, 0.3) is 0 Å². The molecule has 2 heterocycles. The lowest BCUT2D eigenvalue weighted by atomic mass is 9.94. The molecule has 1 N–H and O–H groups in total. The van der Waals surface area contributed by atoms with Gasteiger partial charge in [-0.2, -0.15) is 0 Å². The van der Waals surface area contributed by atoms with Gasteiger partial charge in [0, 0.05) is 31.6 Å². The highest BCUT2D eigenvalue weighted by molar-refractivity contribution is 5.78. The lowest BCUT2D eigenvalue weighted by Crippen LogP contribution is -2.30. The zero-order valence-electron chi connectivity index (χ0n) is 12.3. The molecule has 0 spiro atoms. The van der Waals surface area contributed by atoms with Crippen LogP contribution in [0.15, 0.2) is 6.07 Å². The number of carbonyl (C=O) groups excluding carboxylic acids is 1. The van der Waals surface area contributed by atoms with Crippen molar-refractivity contribution in [2.24, 2.45) is 0 Å². The van der Waals surface area contributed by atoms with E-state index in [9.17, 15) is 9.90 Å². The van der Waals surface area contributed by atoms with Gasteiger partial charge in [-0.1, -0.05) is 6.07 Å². The van der Waals surface area contributed by atoms with Crippen molar-refractivity contribution in [1.29, 1.82) is 0 Å². The molecule has 0 aromatic heterocycles. The van der Waals surface area contributed by atoms with E-state index in [1.807, 2.05) is 27.1 Å². The van der Waals surface area contributed by atoms with Gasteiger partial charge >= 0.3 is 0 Å². The fourth-order valence-electron chi connectivity index (χ4n) is 3.50. The van der Waals surface area contributed by atoms with Gasteiger partial charge in [-0.15, -0.1) is 0 Å². The van der Waals surface area contributed by atoms with Crippen molar-refractivity contribution in [3.63, 3.8) is 0 Å². The van der Waals surface area contributed by atoms with E-state index in [4.69, 9.17) is 4.74 Å². The van der Waals surface area contributed by atoms with Crippen LogP contribution in [0.1, 0.15) is 35.2 Å². The maximum atomic E-state index is 12.1. The average molecular weight is 276 g/mol. The zero-order valence-corrected chi connectivity index (χ0v) is 12.3. The first kappa shape index (κ1) is 13.2. The van der Waals surface area contributed by atoms with Gasteiger partial charge in [0.25, 0.3) is 0 Å². The van der Waals surface area contributed by atoms with Crippen LogP contribution in [-0.4, -0.2) is 48.6 Å². The number of fused-ring (bicyclic) bond motifs is 5. The molecule has 5 heteroatoms. The summed E-state index contributed by atoms with van der Waals surface area (Å²) in [6, 6.07) is 2.12. The Morgan fingerprint density at radius 2 is 2.05 bits per heavy atom. The summed E-state index contributed by atoms with van der Waals surface area (Å²) >= 11 is 0. The molecule has 0 radical (unpaired) electrons. The number of phenolic OH excluding ortho intramolecular Hbond substituents is 1. The van der Waals surface area contributed by atoms with E-state index >= 15 is 0 Å². The van der Waals surface area contributed by atoms with E-state index < -0.39 is 0 Å². The van der Waals surface area contributed by atoms with E-state index in [0.29, 0.717) is 18.7 Å². The minimum atomic E-state index is 0.0287. The Bertz CT molecular complexity index is 585. The maximum Gasteiger partial charge on any atom is 0.224 e. The van der Waals surface area contributed by atoms with Crippen LogP contribution in [-0.2, 0) is 4.79 Å². The van der Waals surface area contributed by atoms with Crippen LogP contribution >= 0.6 is 0 Å². The molecule has 2 unspecified atom stereocenters. The molecule has 1 fully saturated rings. The Morgan fingerprint density at radius 3 is 2.70 bits per heavy atom. The Kier molecular flexibility index (Phi) is 2.90. The van der Waals surface area contributed by atoms with Gasteiger partial charge in [0.1, 0.15) is 0 Å². The number of amides is 1. The molecule has 108 valence electrons. The van der Waals surface area contributed by atoms with Crippen LogP contribution < -0.4 is 4.74 Å². The number of nitrogens with zero attached hydrogens (tertiary/aromatic N) is 2. The van der Waals surface area contributed by atoms with Crippen molar-refractivity contribution in [3.05, 3.63) is 22.8 Å². The van der Waals surface area contributed by atoms with Gasteiger partial charge in [0.05, 0.1) is 13.2 Å². The first-order valence-corrected chi connectivity index (χ1v) is 6.82. The number of rotatable bonds is 1. The van der Waals surface area contributed by atoms with Crippen LogP contribution in [0.3, 0.4) is 0 Å². The molecule has 1 amide bonds. The Labute approximate surface area is 118 Å². The quantitative estimate of drug-likeness (QED) is 0.846. The molecule has 1 saturated heterocycles. The van der Waals surface area contributed by atoms with E-state index in [0.717, 1.165) is 16.7 Å². The summed E-state index contributed by atoms with van der Waals surface area (Å²) < 4.78 is 5.31. The number of carbonyl (C=O) groups is 1. The molecule has 3 rings (SSSR count). The van der Waals surface area contributed by atoms with Gasteiger partial charge in [-0.05, 0) is 25.1 Å². The van der Waals surface area contributed by atoms with Crippen LogP contribution in [0.2, 0.25) is 0 Å². The van der Waals surface area contributed by atoms with Crippen molar-refractivity contribution in [3.8, 4) is 11.5 Å². The molecular weight excluding hydrogens is 256 g/mol. The Morgan fingerprint density at radius 1 is 1.35 bits per heavy atom. The predicted octanol–water partition coefficient (Wildman–Crippen LogP) is 1.60. The first-order chi connectivity index (χ1) is 9.45. The minimum absolute atomic E-state index is 0.0287. The summed E-state index contributed by atoms with van der Waals surface area (Å²) in [5.74, 6) is 0.921. The second kappa shape index (κ2) is 4.38. The largest absolute Gasteiger partial charge is 0.504 e. The lowest BCUT2D eigenvalue weighted by molar-refractivity contribution is -0.129. The van der Waals surface area contributed by atoms with Gasteiger partial charge in [0.2, 0.25) is 5.91 Å². The second-order valence-electron chi connectivity index (χ2n) is 5.75. The highest BCUT2D eigenvalue weighted by Crippen LogP contribution is 2.52. The molecule has 20 heavy (non-hydrogen) atoms. The summed E-state index contributed by atoms with van der Waals surface area (Å²) in [6.45, 7) is 2.52. The molecule has 1 aromatic rings. The lowest BCUT2D eigenvalue weighted by Gasteiger charge is -2.24. The normalized spacial score (nSPS) is 25.6. The minimum Gasteiger partial charge on any atom is -0.504 e. The van der Waals surface area contributed by atoms with E-state index in [1.54, 1.807) is 12.0 Å². The summed E-state index contributed by atoms with van der Waals surface area (Å²) in [6.07, 6.45) is 0.460. The molecule has 2 aliphatic rings. The number of benzene rings is 1. The van der Waals surface area contributed by atoms with Crippen molar-refractivity contribution >= 4 is 5.91 Å². The highest BCUT2D eigenvalue weighted by atomic mass is 16.5. The zero-order chi connectivity index (χ0) is 14.6. The number of aryl methyl sites for hydroxylation is 1. The summed E-state index contributed by atoms with van der Waals surface area (Å²) in [4.78, 5) is 16.0. The monoisotopic (exact) mass is 276 g/mol. The number of phenols is 1. The van der Waals surface area contributed by atoms with Gasteiger partial charge in [-0.25, -0.2) is 0 Å². The summed E-state index contributed by atoms with van der Waals surface area (Å²) in [5, 5.41) is 10.5. The number of aromatic hydroxyl groups is 1. The first-order valence-electron chi connectivity index (χ1n) is 6.82. The number of likely N-dealkylation sites (N-methyl/N-ethyl adjacent to an activating group) is 2. The Balaban J connectivity index is 2.20. The molecule has 0 aliphatic carbocycles. The van der Waals surface area contributed by atoms with Crippen LogP contribution in [0.5, 0.6) is 11.5 Å².